The largest absolute Gasteiger partial charge is 0.418 e. The number of thiophene rings is 1. The number of carbonyl (C=O) groups excluding carboxylic acids is 1. The van der Waals surface area contributed by atoms with Gasteiger partial charge in [-0.05, 0) is 45.6 Å². The quantitative estimate of drug-likeness (QED) is 0.668. The van der Waals surface area contributed by atoms with E-state index in [-0.39, 0.29) is 5.69 Å². The number of carbonyl (C=O) groups is 1. The maximum absolute atomic E-state index is 12.9. The number of anilines is 1. The monoisotopic (exact) mass is 427 g/mol. The van der Waals surface area contributed by atoms with Crippen molar-refractivity contribution < 1.29 is 18.0 Å². The summed E-state index contributed by atoms with van der Waals surface area (Å²) in [5.41, 5.74) is -1.17. The number of nitrogens with one attached hydrogen (secondary N) is 1. The first-order valence-corrected chi connectivity index (χ1v) is 7.66. The molecule has 0 aliphatic rings. The first-order chi connectivity index (χ1) is 9.29. The summed E-state index contributed by atoms with van der Waals surface area (Å²) in [6.07, 6.45) is -4.54. The van der Waals surface area contributed by atoms with E-state index in [2.05, 4.69) is 37.2 Å². The standard InChI is InChI=1S/C12H6Br2F3NOS/c13-6-1-2-9(7(5-6)12(15,16)17)18-11(19)10-8(14)3-4-20-10/h1-5H,(H,18,19). The Bertz CT molecular complexity index is 654. The van der Waals surface area contributed by atoms with E-state index in [4.69, 9.17) is 0 Å². The maximum Gasteiger partial charge on any atom is 0.418 e. The van der Waals surface area contributed by atoms with Crippen molar-refractivity contribution in [2.45, 2.75) is 6.18 Å². The topological polar surface area (TPSA) is 29.1 Å². The van der Waals surface area contributed by atoms with E-state index in [1.807, 2.05) is 0 Å². The van der Waals surface area contributed by atoms with Crippen LogP contribution in [0.25, 0.3) is 0 Å². The summed E-state index contributed by atoms with van der Waals surface area (Å²) in [5, 5.41) is 3.96. The lowest BCUT2D eigenvalue weighted by Crippen LogP contribution is -2.16. The van der Waals surface area contributed by atoms with Crippen LogP contribution in [0.15, 0.2) is 38.6 Å². The van der Waals surface area contributed by atoms with E-state index in [1.54, 1.807) is 11.4 Å². The van der Waals surface area contributed by atoms with Crippen LogP contribution in [-0.2, 0) is 6.18 Å². The van der Waals surface area contributed by atoms with E-state index >= 15 is 0 Å². The molecule has 2 aromatic rings. The van der Waals surface area contributed by atoms with Gasteiger partial charge in [-0.3, -0.25) is 4.79 Å². The summed E-state index contributed by atoms with van der Waals surface area (Å²) in [7, 11) is 0. The van der Waals surface area contributed by atoms with Gasteiger partial charge < -0.3 is 5.32 Å². The zero-order chi connectivity index (χ0) is 14.9. The lowest BCUT2D eigenvalue weighted by atomic mass is 10.1. The fraction of sp³-hybridized carbons (Fsp3) is 0.0833. The normalized spacial score (nSPS) is 11.4. The van der Waals surface area contributed by atoms with Gasteiger partial charge in [0.25, 0.3) is 5.91 Å². The van der Waals surface area contributed by atoms with Crippen LogP contribution < -0.4 is 5.32 Å². The van der Waals surface area contributed by atoms with Gasteiger partial charge in [0, 0.05) is 8.95 Å². The third-order valence-electron chi connectivity index (χ3n) is 2.36. The molecule has 1 aromatic heterocycles. The highest BCUT2D eigenvalue weighted by atomic mass is 79.9. The van der Waals surface area contributed by atoms with Gasteiger partial charge in [-0.1, -0.05) is 15.9 Å². The zero-order valence-corrected chi connectivity index (χ0v) is 13.6. The van der Waals surface area contributed by atoms with Crippen LogP contribution in [0.2, 0.25) is 0 Å². The molecular formula is C12H6Br2F3NOS. The van der Waals surface area contributed by atoms with Gasteiger partial charge in [-0.25, -0.2) is 0 Å². The predicted molar refractivity (Wildman–Crippen MR) is 79.1 cm³/mol. The van der Waals surface area contributed by atoms with Crippen molar-refractivity contribution in [1.82, 2.24) is 0 Å². The van der Waals surface area contributed by atoms with Crippen molar-refractivity contribution >= 4 is 54.8 Å². The van der Waals surface area contributed by atoms with Crippen molar-refractivity contribution in [3.05, 3.63) is 49.0 Å². The molecule has 0 atom stereocenters. The van der Waals surface area contributed by atoms with Crippen LogP contribution in [0.3, 0.4) is 0 Å². The third-order valence-corrected chi connectivity index (χ3v) is 4.69. The molecule has 106 valence electrons. The zero-order valence-electron chi connectivity index (χ0n) is 9.59. The molecule has 0 aliphatic heterocycles. The van der Waals surface area contributed by atoms with Gasteiger partial charge in [0.15, 0.2) is 0 Å². The Morgan fingerprint density at radius 2 is 1.90 bits per heavy atom. The molecule has 1 aromatic carbocycles. The summed E-state index contributed by atoms with van der Waals surface area (Å²) in [6.45, 7) is 0. The Balaban J connectivity index is 2.35. The second kappa shape index (κ2) is 5.87. The van der Waals surface area contributed by atoms with Crippen molar-refractivity contribution in [2.24, 2.45) is 0 Å². The summed E-state index contributed by atoms with van der Waals surface area (Å²) >= 11 is 7.30. The summed E-state index contributed by atoms with van der Waals surface area (Å²) in [6, 6.07) is 5.24. The lowest BCUT2D eigenvalue weighted by molar-refractivity contribution is -0.136. The van der Waals surface area contributed by atoms with Crippen LogP contribution in [0, 0.1) is 0 Å². The molecule has 0 saturated carbocycles. The van der Waals surface area contributed by atoms with E-state index in [9.17, 15) is 18.0 Å². The summed E-state index contributed by atoms with van der Waals surface area (Å²) in [5.74, 6) is -0.584. The van der Waals surface area contributed by atoms with Gasteiger partial charge >= 0.3 is 6.18 Å². The van der Waals surface area contributed by atoms with Crippen molar-refractivity contribution in [3.63, 3.8) is 0 Å². The predicted octanol–water partition coefficient (Wildman–Crippen LogP) is 5.54. The minimum atomic E-state index is -4.54. The Hall–Kier alpha value is -0.860. The molecule has 0 unspecified atom stereocenters. The molecule has 20 heavy (non-hydrogen) atoms. The van der Waals surface area contributed by atoms with Crippen LogP contribution >= 0.6 is 43.2 Å². The molecule has 0 aliphatic carbocycles. The number of benzene rings is 1. The Labute approximate surface area is 133 Å². The first-order valence-electron chi connectivity index (χ1n) is 5.20. The fourth-order valence-electron chi connectivity index (χ4n) is 1.49. The first kappa shape index (κ1) is 15.5. The minimum Gasteiger partial charge on any atom is -0.321 e. The van der Waals surface area contributed by atoms with Gasteiger partial charge in [-0.2, -0.15) is 13.2 Å². The number of alkyl halides is 3. The molecule has 1 amide bonds. The maximum atomic E-state index is 12.9. The summed E-state index contributed by atoms with van der Waals surface area (Å²) in [4.78, 5) is 12.3. The highest BCUT2D eigenvalue weighted by Crippen LogP contribution is 2.37. The average Bonchev–Trinajstić information content (AvgIpc) is 2.76. The third kappa shape index (κ3) is 3.42. The molecule has 0 spiro atoms. The minimum absolute atomic E-state index is 0.272. The van der Waals surface area contributed by atoms with Crippen molar-refractivity contribution in [3.8, 4) is 0 Å². The molecule has 2 nitrogen and oxygen atoms in total. The lowest BCUT2D eigenvalue weighted by Gasteiger charge is -2.14. The van der Waals surface area contributed by atoms with E-state index in [1.165, 1.54) is 12.1 Å². The number of hydrogen-bond donors (Lipinski definition) is 1. The smallest absolute Gasteiger partial charge is 0.321 e. The highest BCUT2D eigenvalue weighted by molar-refractivity contribution is 9.10. The van der Waals surface area contributed by atoms with Crippen molar-refractivity contribution in [1.29, 1.82) is 0 Å². The van der Waals surface area contributed by atoms with Crippen LogP contribution in [0.1, 0.15) is 15.2 Å². The van der Waals surface area contributed by atoms with Gasteiger partial charge in [0.05, 0.1) is 11.3 Å². The second-order valence-corrected chi connectivity index (χ2v) is 6.43. The molecule has 0 fully saturated rings. The molecular weight excluding hydrogens is 423 g/mol. The van der Waals surface area contributed by atoms with Crippen LogP contribution in [-0.4, -0.2) is 5.91 Å². The number of hydrogen-bond acceptors (Lipinski definition) is 2. The molecule has 0 radical (unpaired) electrons. The van der Waals surface area contributed by atoms with E-state index < -0.39 is 17.6 Å². The SMILES string of the molecule is O=C(Nc1ccc(Br)cc1C(F)(F)F)c1sccc1Br. The van der Waals surface area contributed by atoms with Gasteiger partial charge in [0.2, 0.25) is 0 Å². The fourth-order valence-corrected chi connectivity index (χ4v) is 3.30. The molecule has 2 rings (SSSR count). The van der Waals surface area contributed by atoms with Crippen LogP contribution in [0.4, 0.5) is 18.9 Å². The van der Waals surface area contributed by atoms with Crippen LogP contribution in [0.5, 0.6) is 0 Å². The number of amides is 1. The van der Waals surface area contributed by atoms with Crippen molar-refractivity contribution in [2.75, 3.05) is 5.32 Å². The molecule has 0 bridgehead atoms. The Morgan fingerprint density at radius 1 is 1.20 bits per heavy atom. The van der Waals surface area contributed by atoms with E-state index in [0.29, 0.717) is 13.8 Å². The Kier molecular flexibility index (Phi) is 4.55. The Morgan fingerprint density at radius 3 is 2.45 bits per heavy atom. The molecule has 0 saturated heterocycles. The molecule has 8 heteroatoms. The van der Waals surface area contributed by atoms with E-state index in [0.717, 1.165) is 17.4 Å². The van der Waals surface area contributed by atoms with Gasteiger partial charge in [0.1, 0.15) is 4.88 Å². The average molecular weight is 429 g/mol. The van der Waals surface area contributed by atoms with Gasteiger partial charge in [-0.15, -0.1) is 11.3 Å². The second-order valence-electron chi connectivity index (χ2n) is 3.74. The number of rotatable bonds is 2. The molecule has 1 N–H and O–H groups in total. The summed E-state index contributed by atoms with van der Waals surface area (Å²) < 4.78 is 39.6. The number of halogens is 5. The molecule has 1 heterocycles. The highest BCUT2D eigenvalue weighted by Gasteiger charge is 2.34.